The number of benzene rings is 2. The molecule has 1 N–H and O–H groups in total. The Hall–Kier alpha value is -4.77. The van der Waals surface area contributed by atoms with Crippen LogP contribution in [0.15, 0.2) is 91.0 Å². The van der Waals surface area contributed by atoms with Gasteiger partial charge >= 0.3 is 0 Å². The van der Waals surface area contributed by atoms with Crippen LogP contribution in [0.5, 0.6) is 0 Å². The zero-order valence-corrected chi connectivity index (χ0v) is 20.6. The molecule has 2 aromatic carbocycles. The van der Waals surface area contributed by atoms with Gasteiger partial charge in [0.2, 0.25) is 5.91 Å². The lowest BCUT2D eigenvalue weighted by atomic mass is 10.1. The minimum atomic E-state index is -0.934. The first kappa shape index (κ1) is 23.9. The maximum absolute atomic E-state index is 13.9. The molecule has 0 bridgehead atoms. The third-order valence-electron chi connectivity index (χ3n) is 5.68. The first-order valence-electron chi connectivity index (χ1n) is 11.4. The number of amides is 2. The second-order valence-electron chi connectivity index (χ2n) is 8.11. The number of aromatic nitrogens is 6. The molecule has 37 heavy (non-hydrogen) atoms. The number of hydrogen-bond acceptors (Lipinski definition) is 8. The summed E-state index contributed by atoms with van der Waals surface area (Å²) in [6.07, 6.45) is 5.84. The Bertz CT molecular complexity index is 1480. The van der Waals surface area contributed by atoms with E-state index in [1.165, 1.54) is 45.8 Å². The monoisotopic (exact) mass is 510 g/mol. The standard InChI is InChI=1S/C26H22N8O2S/c1-18-14-20(9-10-22(18)33-17-30-31-32-33)34(26(36)21-16-27-11-12-28-21)24(23-8-5-13-37-23)25(35)29-15-19-6-3-2-4-7-19/h2-14,16-17,24H,15H2,1H3,(H,29,35). The summed E-state index contributed by atoms with van der Waals surface area (Å²) in [5, 5.41) is 16.2. The van der Waals surface area contributed by atoms with Crippen LogP contribution >= 0.6 is 11.3 Å². The quantitative estimate of drug-likeness (QED) is 0.339. The first-order valence-corrected chi connectivity index (χ1v) is 12.3. The summed E-state index contributed by atoms with van der Waals surface area (Å²) in [5.74, 6) is -0.762. The number of carbonyl (C=O) groups excluding carboxylic acids is 2. The van der Waals surface area contributed by atoms with Gasteiger partial charge in [0, 0.05) is 29.5 Å². The fourth-order valence-electron chi connectivity index (χ4n) is 3.94. The lowest BCUT2D eigenvalue weighted by Crippen LogP contribution is -2.44. The predicted octanol–water partition coefficient (Wildman–Crippen LogP) is 3.53. The van der Waals surface area contributed by atoms with E-state index in [1.807, 2.05) is 66.9 Å². The average molecular weight is 511 g/mol. The Labute approximate surface area is 216 Å². The van der Waals surface area contributed by atoms with E-state index in [0.29, 0.717) is 17.1 Å². The van der Waals surface area contributed by atoms with E-state index < -0.39 is 11.9 Å². The molecule has 0 fully saturated rings. The van der Waals surface area contributed by atoms with E-state index in [2.05, 4.69) is 30.8 Å². The first-order chi connectivity index (χ1) is 18.1. The van der Waals surface area contributed by atoms with Crippen LogP contribution in [-0.4, -0.2) is 42.0 Å². The molecule has 0 saturated carbocycles. The number of rotatable bonds is 8. The van der Waals surface area contributed by atoms with Crippen molar-refractivity contribution in [2.75, 3.05) is 4.90 Å². The molecule has 3 aromatic heterocycles. The van der Waals surface area contributed by atoms with Gasteiger partial charge in [-0.1, -0.05) is 36.4 Å². The van der Waals surface area contributed by atoms with Gasteiger partial charge in [-0.3, -0.25) is 19.5 Å². The average Bonchev–Trinajstić information content (AvgIpc) is 3.66. The number of hydrogen-bond donors (Lipinski definition) is 1. The zero-order valence-electron chi connectivity index (χ0n) is 19.8. The maximum atomic E-state index is 13.9. The van der Waals surface area contributed by atoms with E-state index in [-0.39, 0.29) is 11.6 Å². The number of nitrogens with one attached hydrogen (secondary N) is 1. The molecule has 5 rings (SSSR count). The van der Waals surface area contributed by atoms with Gasteiger partial charge in [-0.2, -0.15) is 0 Å². The Balaban J connectivity index is 1.57. The van der Waals surface area contributed by atoms with Gasteiger partial charge in [-0.25, -0.2) is 9.67 Å². The van der Waals surface area contributed by atoms with Crippen LogP contribution in [0.2, 0.25) is 0 Å². The van der Waals surface area contributed by atoms with Crippen LogP contribution < -0.4 is 10.2 Å². The third-order valence-corrected chi connectivity index (χ3v) is 6.61. The second kappa shape index (κ2) is 10.9. The largest absolute Gasteiger partial charge is 0.350 e. The van der Waals surface area contributed by atoms with Crippen LogP contribution in [0.4, 0.5) is 5.69 Å². The molecule has 5 aromatic rings. The minimum absolute atomic E-state index is 0.127. The molecule has 0 aliphatic heterocycles. The number of nitrogens with zero attached hydrogens (tertiary/aromatic N) is 7. The van der Waals surface area contributed by atoms with Crippen molar-refractivity contribution in [2.45, 2.75) is 19.5 Å². The van der Waals surface area contributed by atoms with Crippen LogP contribution in [0.3, 0.4) is 0 Å². The molecule has 3 heterocycles. The molecule has 2 amide bonds. The normalized spacial score (nSPS) is 11.6. The molecule has 184 valence electrons. The van der Waals surface area contributed by atoms with E-state index in [9.17, 15) is 9.59 Å². The molecule has 0 radical (unpaired) electrons. The van der Waals surface area contributed by atoms with E-state index in [0.717, 1.165) is 16.8 Å². The van der Waals surface area contributed by atoms with Crippen molar-refractivity contribution in [2.24, 2.45) is 0 Å². The van der Waals surface area contributed by atoms with Gasteiger partial charge in [0.15, 0.2) is 6.04 Å². The highest BCUT2D eigenvalue weighted by Crippen LogP contribution is 2.33. The summed E-state index contributed by atoms with van der Waals surface area (Å²) in [6, 6.07) is 17.8. The number of carbonyl (C=O) groups is 2. The van der Waals surface area contributed by atoms with Crippen LogP contribution in [-0.2, 0) is 11.3 Å². The second-order valence-corrected chi connectivity index (χ2v) is 9.09. The molecule has 10 nitrogen and oxygen atoms in total. The fourth-order valence-corrected chi connectivity index (χ4v) is 4.75. The van der Waals surface area contributed by atoms with Crippen molar-refractivity contribution in [1.82, 2.24) is 35.5 Å². The molecule has 1 unspecified atom stereocenters. The molecular weight excluding hydrogens is 488 g/mol. The summed E-state index contributed by atoms with van der Waals surface area (Å²) in [5.41, 5.74) is 3.17. The molecule has 11 heteroatoms. The molecule has 0 aliphatic carbocycles. The van der Waals surface area contributed by atoms with Crippen LogP contribution in [0.25, 0.3) is 5.69 Å². The number of thiophene rings is 1. The van der Waals surface area contributed by atoms with E-state index in [1.54, 1.807) is 6.07 Å². The van der Waals surface area contributed by atoms with Gasteiger partial charge in [-0.15, -0.1) is 16.4 Å². The van der Waals surface area contributed by atoms with Crippen molar-refractivity contribution in [1.29, 1.82) is 0 Å². The van der Waals surface area contributed by atoms with Gasteiger partial charge in [-0.05, 0) is 58.1 Å². The van der Waals surface area contributed by atoms with Gasteiger partial charge in [0.25, 0.3) is 5.91 Å². The highest BCUT2D eigenvalue weighted by molar-refractivity contribution is 7.10. The van der Waals surface area contributed by atoms with Crippen molar-refractivity contribution >= 4 is 28.8 Å². The van der Waals surface area contributed by atoms with Crippen molar-refractivity contribution in [3.63, 3.8) is 0 Å². The van der Waals surface area contributed by atoms with Gasteiger partial charge in [0.05, 0.1) is 11.9 Å². The Morgan fingerprint density at radius 2 is 1.95 bits per heavy atom. The maximum Gasteiger partial charge on any atom is 0.279 e. The summed E-state index contributed by atoms with van der Waals surface area (Å²) >= 11 is 1.40. The Morgan fingerprint density at radius 3 is 2.62 bits per heavy atom. The molecular formula is C26H22N8O2S. The van der Waals surface area contributed by atoms with E-state index in [4.69, 9.17) is 0 Å². The van der Waals surface area contributed by atoms with Crippen molar-refractivity contribution < 1.29 is 9.59 Å². The fraction of sp³-hybridized carbons (Fsp3) is 0.115. The van der Waals surface area contributed by atoms with Crippen LogP contribution in [0, 0.1) is 6.92 Å². The van der Waals surface area contributed by atoms with Gasteiger partial charge < -0.3 is 5.32 Å². The Morgan fingerprint density at radius 1 is 1.08 bits per heavy atom. The smallest absolute Gasteiger partial charge is 0.279 e. The van der Waals surface area contributed by atoms with E-state index >= 15 is 0 Å². The zero-order chi connectivity index (χ0) is 25.6. The molecule has 0 spiro atoms. The number of aryl methyl sites for hydroxylation is 1. The predicted molar refractivity (Wildman–Crippen MR) is 138 cm³/mol. The lowest BCUT2D eigenvalue weighted by molar-refractivity contribution is -0.122. The number of tetrazole rings is 1. The molecule has 0 saturated heterocycles. The number of anilines is 1. The summed E-state index contributed by atoms with van der Waals surface area (Å²) in [7, 11) is 0. The molecule has 0 aliphatic rings. The third kappa shape index (κ3) is 5.26. The van der Waals surface area contributed by atoms with Gasteiger partial charge in [0.1, 0.15) is 12.0 Å². The van der Waals surface area contributed by atoms with Crippen molar-refractivity contribution in [3.8, 4) is 5.69 Å². The summed E-state index contributed by atoms with van der Waals surface area (Å²) in [4.78, 5) is 38.1. The topological polar surface area (TPSA) is 119 Å². The van der Waals surface area contributed by atoms with Crippen molar-refractivity contribution in [3.05, 3.63) is 113 Å². The van der Waals surface area contributed by atoms with Crippen LogP contribution in [0.1, 0.15) is 32.5 Å². The minimum Gasteiger partial charge on any atom is -0.350 e. The highest BCUT2D eigenvalue weighted by Gasteiger charge is 2.35. The Kier molecular flexibility index (Phi) is 7.04. The highest BCUT2D eigenvalue weighted by atomic mass is 32.1. The lowest BCUT2D eigenvalue weighted by Gasteiger charge is -2.30. The summed E-state index contributed by atoms with van der Waals surface area (Å²) in [6.45, 7) is 2.22. The SMILES string of the molecule is Cc1cc(N(C(=O)c2cnccn2)C(C(=O)NCc2ccccc2)c2cccs2)ccc1-n1cnnn1. The molecule has 1 atom stereocenters. The summed E-state index contributed by atoms with van der Waals surface area (Å²) < 4.78 is 1.54.